The van der Waals surface area contributed by atoms with Gasteiger partial charge in [-0.3, -0.25) is 0 Å². The summed E-state index contributed by atoms with van der Waals surface area (Å²) in [5, 5.41) is 3.08. The monoisotopic (exact) mass is 262 g/mol. The first kappa shape index (κ1) is 10.7. The average molecular weight is 262 g/mol. The lowest BCUT2D eigenvalue weighted by atomic mass is 10.2. The number of rotatable bonds is 1. The van der Waals surface area contributed by atoms with Crippen molar-refractivity contribution >= 4 is 32.9 Å². The number of H-pyrrole nitrogens is 1. The zero-order valence-electron chi connectivity index (χ0n) is 9.40. The van der Waals surface area contributed by atoms with Crippen molar-refractivity contribution in [1.82, 2.24) is 9.97 Å². The largest absolute Gasteiger partial charge is 0.346 e. The van der Waals surface area contributed by atoms with Gasteiger partial charge in [0.05, 0.1) is 10.6 Å². The standard InChI is InChI=1S/C12H10N2OS2/c1-6-3-4-16-10(6)9-8-5-7(2)17-11(8)14-12(15)13-9/h3-5H,1-2H3,(H,13,14,15). The van der Waals surface area contributed by atoms with E-state index in [1.165, 1.54) is 10.4 Å². The summed E-state index contributed by atoms with van der Waals surface area (Å²) in [6.07, 6.45) is 0. The van der Waals surface area contributed by atoms with Crippen molar-refractivity contribution in [1.29, 1.82) is 0 Å². The van der Waals surface area contributed by atoms with Gasteiger partial charge in [-0.1, -0.05) is 0 Å². The molecule has 0 atom stereocenters. The van der Waals surface area contributed by atoms with E-state index >= 15 is 0 Å². The molecule has 0 bridgehead atoms. The summed E-state index contributed by atoms with van der Waals surface area (Å²) in [4.78, 5) is 21.5. The molecule has 0 unspecified atom stereocenters. The normalized spacial score (nSPS) is 11.2. The molecule has 3 rings (SSSR count). The molecule has 0 aliphatic carbocycles. The van der Waals surface area contributed by atoms with Gasteiger partial charge in [0.25, 0.3) is 0 Å². The number of aromatic amines is 1. The molecule has 3 nitrogen and oxygen atoms in total. The van der Waals surface area contributed by atoms with E-state index in [-0.39, 0.29) is 5.69 Å². The minimum absolute atomic E-state index is 0.276. The Morgan fingerprint density at radius 2 is 2.18 bits per heavy atom. The summed E-state index contributed by atoms with van der Waals surface area (Å²) >= 11 is 3.20. The van der Waals surface area contributed by atoms with Gasteiger partial charge in [0.1, 0.15) is 4.83 Å². The SMILES string of the molecule is Cc1cc2c(-c3sccc3C)[nH]c(=O)nc2s1. The molecule has 5 heteroatoms. The van der Waals surface area contributed by atoms with Crippen LogP contribution in [0, 0.1) is 13.8 Å². The van der Waals surface area contributed by atoms with Gasteiger partial charge in [-0.25, -0.2) is 4.79 Å². The maximum Gasteiger partial charge on any atom is 0.346 e. The molecular weight excluding hydrogens is 252 g/mol. The van der Waals surface area contributed by atoms with Gasteiger partial charge in [-0.15, -0.1) is 22.7 Å². The summed E-state index contributed by atoms with van der Waals surface area (Å²) in [6, 6.07) is 4.14. The van der Waals surface area contributed by atoms with Gasteiger partial charge >= 0.3 is 5.69 Å². The van der Waals surface area contributed by atoms with Crippen LogP contribution in [-0.4, -0.2) is 9.97 Å². The highest BCUT2D eigenvalue weighted by Gasteiger charge is 2.12. The zero-order valence-corrected chi connectivity index (χ0v) is 11.0. The Labute approximate surface area is 106 Å². The van der Waals surface area contributed by atoms with Gasteiger partial charge in [-0.2, -0.15) is 4.98 Å². The molecule has 0 spiro atoms. The summed E-state index contributed by atoms with van der Waals surface area (Å²) < 4.78 is 0. The second-order valence-corrected chi connectivity index (χ2v) is 6.08. The Hall–Kier alpha value is -1.46. The molecule has 0 aliphatic heterocycles. The van der Waals surface area contributed by atoms with Crippen LogP contribution in [-0.2, 0) is 0 Å². The fraction of sp³-hybridized carbons (Fsp3) is 0.167. The third-order valence-electron chi connectivity index (χ3n) is 2.63. The molecule has 17 heavy (non-hydrogen) atoms. The minimum atomic E-state index is -0.276. The number of nitrogens with zero attached hydrogens (tertiary/aromatic N) is 1. The van der Waals surface area contributed by atoms with Crippen LogP contribution in [0.25, 0.3) is 20.8 Å². The fourth-order valence-electron chi connectivity index (χ4n) is 1.87. The van der Waals surface area contributed by atoms with Crippen LogP contribution < -0.4 is 5.69 Å². The number of thiophene rings is 2. The Morgan fingerprint density at radius 3 is 2.88 bits per heavy atom. The van der Waals surface area contributed by atoms with Crippen molar-refractivity contribution in [2.24, 2.45) is 0 Å². The molecule has 3 aromatic heterocycles. The van der Waals surface area contributed by atoms with Crippen LogP contribution in [0.15, 0.2) is 22.3 Å². The fourth-order valence-corrected chi connectivity index (χ4v) is 3.69. The van der Waals surface area contributed by atoms with Gasteiger partial charge in [0.2, 0.25) is 0 Å². The van der Waals surface area contributed by atoms with E-state index in [0.29, 0.717) is 0 Å². The zero-order chi connectivity index (χ0) is 12.0. The first-order valence-corrected chi connectivity index (χ1v) is 6.89. The molecule has 86 valence electrons. The highest BCUT2D eigenvalue weighted by atomic mass is 32.1. The maximum absolute atomic E-state index is 11.6. The highest BCUT2D eigenvalue weighted by molar-refractivity contribution is 7.18. The molecule has 0 aliphatic rings. The number of aryl methyl sites for hydroxylation is 2. The Balaban J connectivity index is 2.43. The second-order valence-electron chi connectivity index (χ2n) is 3.93. The van der Waals surface area contributed by atoms with Crippen LogP contribution in [0.5, 0.6) is 0 Å². The molecule has 0 aromatic carbocycles. The predicted octanol–water partition coefficient (Wildman–Crippen LogP) is 3.33. The van der Waals surface area contributed by atoms with Gasteiger partial charge < -0.3 is 4.98 Å². The van der Waals surface area contributed by atoms with Crippen molar-refractivity contribution in [2.45, 2.75) is 13.8 Å². The van der Waals surface area contributed by atoms with Crippen LogP contribution in [0.4, 0.5) is 0 Å². The lowest BCUT2D eigenvalue weighted by Crippen LogP contribution is -2.10. The van der Waals surface area contributed by atoms with E-state index in [1.54, 1.807) is 22.7 Å². The number of hydrogen-bond donors (Lipinski definition) is 1. The predicted molar refractivity (Wildman–Crippen MR) is 73.0 cm³/mol. The lowest BCUT2D eigenvalue weighted by molar-refractivity contribution is 1.13. The van der Waals surface area contributed by atoms with Crippen LogP contribution in [0.2, 0.25) is 0 Å². The summed E-state index contributed by atoms with van der Waals surface area (Å²) in [7, 11) is 0. The second kappa shape index (κ2) is 3.78. The van der Waals surface area contributed by atoms with E-state index in [9.17, 15) is 4.79 Å². The molecular formula is C12H10N2OS2. The van der Waals surface area contributed by atoms with Crippen LogP contribution in [0.3, 0.4) is 0 Å². The maximum atomic E-state index is 11.6. The molecule has 0 fully saturated rings. The molecule has 3 heterocycles. The molecule has 0 saturated carbocycles. The van der Waals surface area contributed by atoms with Gasteiger partial charge in [0, 0.05) is 10.3 Å². The van der Waals surface area contributed by atoms with Gasteiger partial charge in [0.15, 0.2) is 0 Å². The average Bonchev–Trinajstić information content (AvgIpc) is 2.82. The van der Waals surface area contributed by atoms with E-state index < -0.39 is 0 Å². The molecule has 0 radical (unpaired) electrons. The van der Waals surface area contributed by atoms with E-state index in [4.69, 9.17) is 0 Å². The first-order chi connectivity index (χ1) is 8.15. The molecule has 1 N–H and O–H groups in total. The summed E-state index contributed by atoms with van der Waals surface area (Å²) in [5.41, 5.74) is 1.81. The van der Waals surface area contributed by atoms with Crippen LogP contribution in [0.1, 0.15) is 10.4 Å². The topological polar surface area (TPSA) is 45.8 Å². The van der Waals surface area contributed by atoms with Crippen molar-refractivity contribution in [3.05, 3.63) is 38.4 Å². The number of nitrogens with one attached hydrogen (secondary N) is 1. The van der Waals surface area contributed by atoms with Crippen molar-refractivity contribution in [3.8, 4) is 10.6 Å². The molecule has 3 aromatic rings. The number of aromatic nitrogens is 2. The lowest BCUT2D eigenvalue weighted by Gasteiger charge is -2.01. The number of fused-ring (bicyclic) bond motifs is 1. The van der Waals surface area contributed by atoms with E-state index in [2.05, 4.69) is 29.0 Å². The van der Waals surface area contributed by atoms with Crippen molar-refractivity contribution in [2.75, 3.05) is 0 Å². The molecule has 0 amide bonds. The van der Waals surface area contributed by atoms with Crippen molar-refractivity contribution in [3.63, 3.8) is 0 Å². The minimum Gasteiger partial charge on any atom is -0.304 e. The highest BCUT2D eigenvalue weighted by Crippen LogP contribution is 2.34. The van der Waals surface area contributed by atoms with E-state index in [1.807, 2.05) is 12.3 Å². The first-order valence-electron chi connectivity index (χ1n) is 5.20. The smallest absolute Gasteiger partial charge is 0.304 e. The number of hydrogen-bond acceptors (Lipinski definition) is 4. The third-order valence-corrected chi connectivity index (χ3v) is 4.61. The summed E-state index contributed by atoms with van der Waals surface area (Å²) in [5.74, 6) is 0. The van der Waals surface area contributed by atoms with Crippen molar-refractivity contribution < 1.29 is 0 Å². The quantitative estimate of drug-likeness (QED) is 0.731. The van der Waals surface area contributed by atoms with E-state index in [0.717, 1.165) is 20.8 Å². The van der Waals surface area contributed by atoms with Crippen LogP contribution >= 0.6 is 22.7 Å². The Morgan fingerprint density at radius 1 is 1.35 bits per heavy atom. The van der Waals surface area contributed by atoms with Gasteiger partial charge in [-0.05, 0) is 36.9 Å². The molecule has 0 saturated heterocycles. The summed E-state index contributed by atoms with van der Waals surface area (Å²) in [6.45, 7) is 4.08. The Bertz CT molecular complexity index is 751. The third kappa shape index (κ3) is 1.71. The Kier molecular flexibility index (Phi) is 2.38.